The van der Waals surface area contributed by atoms with Gasteiger partial charge < -0.3 is 14.7 Å². The minimum atomic E-state index is -0.890. The number of carboxylic acids is 1. The van der Waals surface area contributed by atoms with Gasteiger partial charge in [-0.3, -0.25) is 9.59 Å². The second-order valence-electron chi connectivity index (χ2n) is 3.64. The number of amides is 1. The second-order valence-corrected chi connectivity index (χ2v) is 3.64. The van der Waals surface area contributed by atoms with Gasteiger partial charge in [-0.25, -0.2) is 0 Å². The van der Waals surface area contributed by atoms with Gasteiger partial charge in [0.15, 0.2) is 0 Å². The van der Waals surface area contributed by atoms with Crippen LogP contribution in [0, 0.1) is 5.92 Å². The van der Waals surface area contributed by atoms with E-state index in [0.29, 0.717) is 32.7 Å². The molecule has 0 aromatic rings. The normalized spacial score (nSPS) is 18.6. The van der Waals surface area contributed by atoms with E-state index < -0.39 is 11.9 Å². The topological polar surface area (TPSA) is 66.8 Å². The van der Waals surface area contributed by atoms with Gasteiger partial charge in [0.05, 0.1) is 19.1 Å². The molecule has 1 unspecified atom stereocenters. The van der Waals surface area contributed by atoms with Gasteiger partial charge in [-0.15, -0.1) is 0 Å². The van der Waals surface area contributed by atoms with Crippen LogP contribution in [-0.4, -0.2) is 48.2 Å². The minimum absolute atomic E-state index is 0.0763. The molecule has 0 aromatic heterocycles. The molecule has 0 radical (unpaired) electrons. The third kappa shape index (κ3) is 3.51. The maximum Gasteiger partial charge on any atom is 0.307 e. The summed E-state index contributed by atoms with van der Waals surface area (Å²) in [5.41, 5.74) is 0. The fraction of sp³-hybridized carbons (Fsp3) is 0.800. The standard InChI is InChI=1S/C10H17NO4/c1-2-8(10(13)14)7-9(12)11-3-5-15-6-4-11/h8H,2-7H2,1H3,(H,13,14). The number of carbonyl (C=O) groups is 2. The van der Waals surface area contributed by atoms with E-state index in [1.165, 1.54) is 0 Å². The Morgan fingerprint density at radius 3 is 2.47 bits per heavy atom. The average Bonchev–Trinajstić information content (AvgIpc) is 2.26. The van der Waals surface area contributed by atoms with Crippen molar-refractivity contribution in [3.8, 4) is 0 Å². The summed E-state index contributed by atoms with van der Waals surface area (Å²) in [6, 6.07) is 0. The van der Waals surface area contributed by atoms with Crippen molar-refractivity contribution in [3.05, 3.63) is 0 Å². The number of carboxylic acid groups (broad SMARTS) is 1. The molecule has 1 heterocycles. The quantitative estimate of drug-likeness (QED) is 0.734. The Balaban J connectivity index is 2.42. The fourth-order valence-electron chi connectivity index (χ4n) is 1.56. The second kappa shape index (κ2) is 5.70. The highest BCUT2D eigenvalue weighted by Gasteiger charge is 2.23. The van der Waals surface area contributed by atoms with Crippen LogP contribution in [0.5, 0.6) is 0 Å². The first-order chi connectivity index (χ1) is 7.15. The highest BCUT2D eigenvalue weighted by molar-refractivity contribution is 5.82. The van der Waals surface area contributed by atoms with Crippen molar-refractivity contribution in [2.75, 3.05) is 26.3 Å². The van der Waals surface area contributed by atoms with Crippen LogP contribution in [0.15, 0.2) is 0 Å². The van der Waals surface area contributed by atoms with E-state index in [1.54, 1.807) is 11.8 Å². The fourth-order valence-corrected chi connectivity index (χ4v) is 1.56. The summed E-state index contributed by atoms with van der Waals surface area (Å²) in [6.07, 6.45) is 0.594. The molecule has 15 heavy (non-hydrogen) atoms. The van der Waals surface area contributed by atoms with Crippen LogP contribution in [0.2, 0.25) is 0 Å². The first-order valence-corrected chi connectivity index (χ1v) is 5.23. The Labute approximate surface area is 89.0 Å². The molecule has 1 N–H and O–H groups in total. The highest BCUT2D eigenvalue weighted by Crippen LogP contribution is 2.11. The molecule has 1 atom stereocenters. The molecule has 1 fully saturated rings. The van der Waals surface area contributed by atoms with E-state index in [1.807, 2.05) is 0 Å². The Morgan fingerprint density at radius 1 is 1.40 bits per heavy atom. The number of hydrogen-bond acceptors (Lipinski definition) is 3. The van der Waals surface area contributed by atoms with Crippen LogP contribution in [-0.2, 0) is 14.3 Å². The summed E-state index contributed by atoms with van der Waals surface area (Å²) < 4.78 is 5.12. The largest absolute Gasteiger partial charge is 0.481 e. The van der Waals surface area contributed by atoms with Crippen LogP contribution in [0.25, 0.3) is 0 Å². The van der Waals surface area contributed by atoms with Gasteiger partial charge in [0.25, 0.3) is 0 Å². The first kappa shape index (κ1) is 12.0. The predicted octanol–water partition coefficient (Wildman–Crippen LogP) is 0.346. The molecule has 0 bridgehead atoms. The molecular formula is C10H17NO4. The number of aliphatic carboxylic acids is 1. The summed E-state index contributed by atoms with van der Waals surface area (Å²) in [7, 11) is 0. The van der Waals surface area contributed by atoms with E-state index in [-0.39, 0.29) is 12.3 Å². The SMILES string of the molecule is CCC(CC(=O)N1CCOCC1)C(=O)O. The molecule has 0 aliphatic carbocycles. The third-order valence-corrected chi connectivity index (χ3v) is 2.63. The smallest absolute Gasteiger partial charge is 0.307 e. The molecule has 0 aromatic carbocycles. The summed E-state index contributed by atoms with van der Waals surface area (Å²) in [4.78, 5) is 24.1. The van der Waals surface area contributed by atoms with Gasteiger partial charge in [-0.1, -0.05) is 6.92 Å². The Kier molecular flexibility index (Phi) is 4.55. The van der Waals surface area contributed by atoms with Crippen LogP contribution in [0.1, 0.15) is 19.8 Å². The molecule has 1 saturated heterocycles. The lowest BCUT2D eigenvalue weighted by molar-refractivity contribution is -0.147. The van der Waals surface area contributed by atoms with Crippen LogP contribution in [0.4, 0.5) is 0 Å². The van der Waals surface area contributed by atoms with Gasteiger partial charge in [-0.05, 0) is 6.42 Å². The summed E-state index contributed by atoms with van der Waals surface area (Å²) in [5.74, 6) is -1.52. The number of morpholine rings is 1. The number of hydrogen-bond donors (Lipinski definition) is 1. The first-order valence-electron chi connectivity index (χ1n) is 5.23. The third-order valence-electron chi connectivity index (χ3n) is 2.63. The summed E-state index contributed by atoms with van der Waals surface area (Å²) >= 11 is 0. The zero-order valence-electron chi connectivity index (χ0n) is 8.94. The average molecular weight is 215 g/mol. The monoisotopic (exact) mass is 215 g/mol. The van der Waals surface area contributed by atoms with E-state index in [0.717, 1.165) is 0 Å². The van der Waals surface area contributed by atoms with Crippen molar-refractivity contribution in [2.24, 2.45) is 5.92 Å². The minimum Gasteiger partial charge on any atom is -0.481 e. The van der Waals surface area contributed by atoms with Crippen molar-refractivity contribution in [1.29, 1.82) is 0 Å². The highest BCUT2D eigenvalue weighted by atomic mass is 16.5. The molecule has 1 rings (SSSR count). The molecular weight excluding hydrogens is 198 g/mol. The van der Waals surface area contributed by atoms with Crippen molar-refractivity contribution in [3.63, 3.8) is 0 Å². The molecule has 5 nitrogen and oxygen atoms in total. The zero-order valence-corrected chi connectivity index (χ0v) is 8.94. The molecule has 5 heteroatoms. The number of carbonyl (C=O) groups excluding carboxylic acids is 1. The Morgan fingerprint density at radius 2 is 2.00 bits per heavy atom. The maximum absolute atomic E-state index is 11.7. The van der Waals surface area contributed by atoms with E-state index >= 15 is 0 Å². The molecule has 0 saturated carbocycles. The molecule has 1 aliphatic rings. The van der Waals surface area contributed by atoms with Gasteiger partial charge in [0.2, 0.25) is 5.91 Å². The number of rotatable bonds is 4. The number of nitrogens with zero attached hydrogens (tertiary/aromatic N) is 1. The van der Waals surface area contributed by atoms with Crippen LogP contribution in [0.3, 0.4) is 0 Å². The molecule has 1 aliphatic heterocycles. The lowest BCUT2D eigenvalue weighted by atomic mass is 10.0. The van der Waals surface area contributed by atoms with Gasteiger partial charge in [-0.2, -0.15) is 0 Å². The van der Waals surface area contributed by atoms with Crippen LogP contribution < -0.4 is 0 Å². The van der Waals surface area contributed by atoms with Gasteiger partial charge >= 0.3 is 5.97 Å². The lowest BCUT2D eigenvalue weighted by Gasteiger charge is -2.27. The molecule has 0 spiro atoms. The van der Waals surface area contributed by atoms with Crippen LogP contribution >= 0.6 is 0 Å². The van der Waals surface area contributed by atoms with E-state index in [4.69, 9.17) is 9.84 Å². The van der Waals surface area contributed by atoms with E-state index in [9.17, 15) is 9.59 Å². The number of ether oxygens (including phenoxy) is 1. The van der Waals surface area contributed by atoms with Gasteiger partial charge in [0.1, 0.15) is 0 Å². The van der Waals surface area contributed by atoms with Gasteiger partial charge in [0, 0.05) is 19.5 Å². The summed E-state index contributed by atoms with van der Waals surface area (Å²) in [6.45, 7) is 4.04. The predicted molar refractivity (Wildman–Crippen MR) is 53.4 cm³/mol. The zero-order chi connectivity index (χ0) is 11.3. The Bertz CT molecular complexity index is 236. The van der Waals surface area contributed by atoms with Crippen molar-refractivity contribution in [2.45, 2.75) is 19.8 Å². The van der Waals surface area contributed by atoms with Crippen molar-refractivity contribution >= 4 is 11.9 Å². The molecule has 1 amide bonds. The lowest BCUT2D eigenvalue weighted by Crippen LogP contribution is -2.41. The van der Waals surface area contributed by atoms with Crippen molar-refractivity contribution < 1.29 is 19.4 Å². The van der Waals surface area contributed by atoms with E-state index in [2.05, 4.69) is 0 Å². The maximum atomic E-state index is 11.7. The summed E-state index contributed by atoms with van der Waals surface area (Å²) in [5, 5.41) is 8.83. The molecule has 86 valence electrons. The Hall–Kier alpha value is -1.10. The van der Waals surface area contributed by atoms with Crippen molar-refractivity contribution in [1.82, 2.24) is 4.90 Å².